The Bertz CT molecular complexity index is 1230. The number of aryl methyl sites for hydroxylation is 1. The molecular formula is C23H16N2O4. The molecule has 1 heterocycles. The van der Waals surface area contributed by atoms with E-state index in [4.69, 9.17) is 5.11 Å². The largest absolute Gasteiger partial charge is 0.504 e. The van der Waals surface area contributed by atoms with Crippen molar-refractivity contribution in [3.05, 3.63) is 70.4 Å². The molecule has 0 aliphatic carbocycles. The lowest BCUT2D eigenvalue weighted by Crippen LogP contribution is -2.08. The van der Waals surface area contributed by atoms with Crippen LogP contribution in [0.1, 0.15) is 45.6 Å². The first kappa shape index (κ1) is 19.6. The molecule has 0 saturated carbocycles. The van der Waals surface area contributed by atoms with Gasteiger partial charge in [0, 0.05) is 17.4 Å². The number of Topliss-reactive ketones (excluding diaryl/α,β-unsaturated/α-hetero) is 1. The Kier molecular flexibility index (Phi) is 5.57. The standard InChI is InChI=1S/C23H16N2O4/c1-14-5-7-15(8-6-14)9-10-16-3-2-4-17-18(13-24)23(29)22(25-21(16)17)19(26)11-12-20(27)28/h2-8,29H,11-12H2,1H3,(H,27,28). The van der Waals surface area contributed by atoms with Gasteiger partial charge in [0.2, 0.25) is 0 Å². The second-order valence-corrected chi connectivity index (χ2v) is 6.43. The quantitative estimate of drug-likeness (QED) is 0.525. The van der Waals surface area contributed by atoms with Gasteiger partial charge in [-0.15, -0.1) is 0 Å². The van der Waals surface area contributed by atoms with E-state index < -0.39 is 23.9 Å². The number of ketones is 1. The summed E-state index contributed by atoms with van der Waals surface area (Å²) in [7, 11) is 0. The molecule has 2 N–H and O–H groups in total. The van der Waals surface area contributed by atoms with Crippen molar-refractivity contribution in [1.29, 1.82) is 5.26 Å². The summed E-state index contributed by atoms with van der Waals surface area (Å²) >= 11 is 0. The number of carbonyl (C=O) groups excluding carboxylic acids is 1. The molecule has 0 fully saturated rings. The number of hydrogen-bond acceptors (Lipinski definition) is 5. The zero-order valence-corrected chi connectivity index (χ0v) is 15.6. The summed E-state index contributed by atoms with van der Waals surface area (Å²) in [5.74, 6) is 3.70. The van der Waals surface area contributed by atoms with E-state index in [1.165, 1.54) is 0 Å². The third-order valence-corrected chi connectivity index (χ3v) is 4.32. The van der Waals surface area contributed by atoms with Gasteiger partial charge in [-0.2, -0.15) is 5.26 Å². The number of carboxylic acid groups (broad SMARTS) is 1. The van der Waals surface area contributed by atoms with Crippen LogP contribution in [-0.2, 0) is 4.79 Å². The minimum absolute atomic E-state index is 0.0901. The molecule has 2 aromatic carbocycles. The third kappa shape index (κ3) is 4.23. The molecule has 3 rings (SSSR count). The number of aromatic nitrogens is 1. The summed E-state index contributed by atoms with van der Waals surface area (Å²) in [5.41, 5.74) is 2.30. The van der Waals surface area contributed by atoms with Gasteiger partial charge in [0.1, 0.15) is 17.3 Å². The Balaban J connectivity index is 2.14. The number of rotatable bonds is 4. The highest BCUT2D eigenvalue weighted by atomic mass is 16.4. The summed E-state index contributed by atoms with van der Waals surface area (Å²) in [6.45, 7) is 1.98. The van der Waals surface area contributed by atoms with Gasteiger partial charge in [-0.1, -0.05) is 41.7 Å². The van der Waals surface area contributed by atoms with Crippen molar-refractivity contribution >= 4 is 22.7 Å². The average Bonchev–Trinajstić information content (AvgIpc) is 2.71. The fourth-order valence-electron chi connectivity index (χ4n) is 2.80. The van der Waals surface area contributed by atoms with Crippen LogP contribution < -0.4 is 0 Å². The summed E-state index contributed by atoms with van der Waals surface area (Å²) < 4.78 is 0. The Morgan fingerprint density at radius 1 is 1.07 bits per heavy atom. The average molecular weight is 384 g/mol. The van der Waals surface area contributed by atoms with E-state index >= 15 is 0 Å². The predicted octanol–water partition coefficient (Wildman–Crippen LogP) is 3.57. The van der Waals surface area contributed by atoms with E-state index in [2.05, 4.69) is 16.8 Å². The van der Waals surface area contributed by atoms with Crippen molar-refractivity contribution in [1.82, 2.24) is 4.98 Å². The van der Waals surface area contributed by atoms with Crippen LogP contribution in [0.5, 0.6) is 5.75 Å². The van der Waals surface area contributed by atoms with Gasteiger partial charge in [0.15, 0.2) is 11.5 Å². The number of para-hydroxylation sites is 1. The molecule has 6 heteroatoms. The summed E-state index contributed by atoms with van der Waals surface area (Å²) in [4.78, 5) is 27.4. The Morgan fingerprint density at radius 3 is 2.45 bits per heavy atom. The number of benzene rings is 2. The van der Waals surface area contributed by atoms with Crippen LogP contribution in [0.3, 0.4) is 0 Å². The molecule has 6 nitrogen and oxygen atoms in total. The van der Waals surface area contributed by atoms with Gasteiger partial charge in [-0.05, 0) is 25.1 Å². The molecule has 0 spiro atoms. The molecular weight excluding hydrogens is 368 g/mol. The van der Waals surface area contributed by atoms with Gasteiger partial charge >= 0.3 is 5.97 Å². The van der Waals surface area contributed by atoms with Gasteiger partial charge in [-0.3, -0.25) is 9.59 Å². The second kappa shape index (κ2) is 8.24. The number of pyridine rings is 1. The van der Waals surface area contributed by atoms with Gasteiger partial charge < -0.3 is 10.2 Å². The molecule has 0 atom stereocenters. The van der Waals surface area contributed by atoms with Gasteiger partial charge in [-0.25, -0.2) is 4.98 Å². The van der Waals surface area contributed by atoms with E-state index in [-0.39, 0.29) is 17.7 Å². The first-order chi connectivity index (χ1) is 13.9. The topological polar surface area (TPSA) is 111 Å². The molecule has 142 valence electrons. The Morgan fingerprint density at radius 2 is 1.79 bits per heavy atom. The fourth-order valence-corrected chi connectivity index (χ4v) is 2.80. The zero-order valence-electron chi connectivity index (χ0n) is 15.6. The van der Waals surface area contributed by atoms with E-state index in [9.17, 15) is 20.0 Å². The molecule has 0 aliphatic heterocycles. The van der Waals surface area contributed by atoms with E-state index in [0.29, 0.717) is 16.5 Å². The number of fused-ring (bicyclic) bond motifs is 1. The van der Waals surface area contributed by atoms with Gasteiger partial charge in [0.05, 0.1) is 17.5 Å². The molecule has 3 aromatic rings. The maximum Gasteiger partial charge on any atom is 0.303 e. The molecule has 0 unspecified atom stereocenters. The highest BCUT2D eigenvalue weighted by molar-refractivity contribution is 6.03. The number of hydrogen-bond donors (Lipinski definition) is 2. The van der Waals surface area contributed by atoms with Crippen molar-refractivity contribution in [2.24, 2.45) is 0 Å². The van der Waals surface area contributed by atoms with Crippen LogP contribution in [-0.4, -0.2) is 26.9 Å². The van der Waals surface area contributed by atoms with E-state index in [1.807, 2.05) is 37.3 Å². The SMILES string of the molecule is Cc1ccc(C#Cc2cccc3c(C#N)c(O)c(C(=O)CCC(=O)O)nc23)cc1. The second-order valence-electron chi connectivity index (χ2n) is 6.43. The number of nitriles is 1. The van der Waals surface area contributed by atoms with Crippen molar-refractivity contribution in [2.45, 2.75) is 19.8 Å². The summed E-state index contributed by atoms with van der Waals surface area (Å²) in [6, 6.07) is 14.6. The first-order valence-corrected chi connectivity index (χ1v) is 8.80. The third-order valence-electron chi connectivity index (χ3n) is 4.32. The maximum absolute atomic E-state index is 12.4. The Hall–Kier alpha value is -4.16. The van der Waals surface area contributed by atoms with Crippen molar-refractivity contribution in [3.63, 3.8) is 0 Å². The summed E-state index contributed by atoms with van der Waals surface area (Å²) in [5, 5.41) is 29.0. The highest BCUT2D eigenvalue weighted by Crippen LogP contribution is 2.30. The number of carboxylic acids is 1. The summed E-state index contributed by atoms with van der Waals surface area (Å²) in [6.07, 6.45) is -0.724. The lowest BCUT2D eigenvalue weighted by Gasteiger charge is -2.09. The van der Waals surface area contributed by atoms with Crippen LogP contribution in [0.15, 0.2) is 42.5 Å². The number of aromatic hydroxyl groups is 1. The molecule has 29 heavy (non-hydrogen) atoms. The molecule has 0 saturated heterocycles. The van der Waals surface area contributed by atoms with Crippen molar-refractivity contribution in [3.8, 4) is 23.7 Å². The first-order valence-electron chi connectivity index (χ1n) is 8.80. The number of carbonyl (C=O) groups is 2. The monoisotopic (exact) mass is 384 g/mol. The minimum atomic E-state index is -1.14. The van der Waals surface area contributed by atoms with Crippen LogP contribution >= 0.6 is 0 Å². The van der Waals surface area contributed by atoms with Crippen LogP contribution in [0.25, 0.3) is 10.9 Å². The Labute approximate surface area is 167 Å². The zero-order chi connectivity index (χ0) is 21.0. The predicted molar refractivity (Wildman–Crippen MR) is 106 cm³/mol. The van der Waals surface area contributed by atoms with E-state index in [0.717, 1.165) is 11.1 Å². The molecule has 0 amide bonds. The minimum Gasteiger partial charge on any atom is -0.504 e. The molecule has 0 bridgehead atoms. The highest BCUT2D eigenvalue weighted by Gasteiger charge is 2.21. The van der Waals surface area contributed by atoms with Crippen molar-refractivity contribution in [2.75, 3.05) is 0 Å². The van der Waals surface area contributed by atoms with Crippen LogP contribution in [0.4, 0.5) is 0 Å². The van der Waals surface area contributed by atoms with Crippen molar-refractivity contribution < 1.29 is 19.8 Å². The normalized spacial score (nSPS) is 10.1. The van der Waals surface area contributed by atoms with Crippen LogP contribution in [0, 0.1) is 30.1 Å². The lowest BCUT2D eigenvalue weighted by atomic mass is 10.0. The van der Waals surface area contributed by atoms with Crippen LogP contribution in [0.2, 0.25) is 0 Å². The van der Waals surface area contributed by atoms with E-state index in [1.54, 1.807) is 18.2 Å². The molecule has 0 aliphatic rings. The molecule has 1 aromatic heterocycles. The smallest absolute Gasteiger partial charge is 0.303 e. The fraction of sp³-hybridized carbons (Fsp3) is 0.130. The lowest BCUT2D eigenvalue weighted by molar-refractivity contribution is -0.136. The number of aliphatic carboxylic acids is 1. The number of nitrogens with zero attached hydrogens (tertiary/aromatic N) is 2. The maximum atomic E-state index is 12.4. The van der Waals surface area contributed by atoms with Gasteiger partial charge in [0.25, 0.3) is 0 Å². The molecule has 0 radical (unpaired) electrons.